The molecule has 3 rings (SSSR count). The van der Waals surface area contributed by atoms with Gasteiger partial charge in [-0.25, -0.2) is 4.79 Å². The number of rotatable bonds is 7. The lowest BCUT2D eigenvalue weighted by molar-refractivity contribution is -0.131. The summed E-state index contributed by atoms with van der Waals surface area (Å²) in [5, 5.41) is 7.63. The first-order valence-corrected chi connectivity index (χ1v) is 9.09. The number of amides is 3. The molecule has 1 N–H and O–H groups in total. The van der Waals surface area contributed by atoms with Gasteiger partial charge in [0.2, 0.25) is 0 Å². The lowest BCUT2D eigenvalue weighted by atomic mass is 9.92. The molecule has 3 amide bonds. The number of hydrazone groups is 1. The molecular formula is C21H23N3O5. The van der Waals surface area contributed by atoms with Crippen molar-refractivity contribution in [3.05, 3.63) is 53.6 Å². The number of urea groups is 1. The van der Waals surface area contributed by atoms with Gasteiger partial charge in [-0.1, -0.05) is 12.1 Å². The highest BCUT2D eigenvalue weighted by molar-refractivity contribution is 6.07. The van der Waals surface area contributed by atoms with Gasteiger partial charge in [-0.05, 0) is 55.3 Å². The molecule has 1 heterocycles. The van der Waals surface area contributed by atoms with Crippen molar-refractivity contribution in [1.82, 2.24) is 10.3 Å². The Kier molecular flexibility index (Phi) is 5.72. The van der Waals surface area contributed by atoms with Gasteiger partial charge in [-0.3, -0.25) is 4.79 Å². The number of nitrogens with zero attached hydrogens (tertiary/aromatic N) is 2. The van der Waals surface area contributed by atoms with Crippen molar-refractivity contribution in [2.75, 3.05) is 20.8 Å². The SMILES string of the molecule is CCOc1cc(/C=N/N2C(=O)NC(C)(c3ccc(OC)cc3)C2=O)ccc1OC. The fourth-order valence-electron chi connectivity index (χ4n) is 3.02. The third kappa shape index (κ3) is 3.87. The van der Waals surface area contributed by atoms with E-state index >= 15 is 0 Å². The van der Waals surface area contributed by atoms with Crippen LogP contribution in [0.4, 0.5) is 4.79 Å². The number of carbonyl (C=O) groups excluding carboxylic acids is 2. The highest BCUT2D eigenvalue weighted by Gasteiger charge is 2.49. The molecule has 0 spiro atoms. The summed E-state index contributed by atoms with van der Waals surface area (Å²) < 4.78 is 15.9. The van der Waals surface area contributed by atoms with Crippen molar-refractivity contribution in [3.63, 3.8) is 0 Å². The van der Waals surface area contributed by atoms with Crippen molar-refractivity contribution >= 4 is 18.2 Å². The van der Waals surface area contributed by atoms with Gasteiger partial charge in [0.05, 0.1) is 27.0 Å². The third-order valence-corrected chi connectivity index (χ3v) is 4.65. The minimum atomic E-state index is -1.21. The summed E-state index contributed by atoms with van der Waals surface area (Å²) in [4.78, 5) is 25.3. The topological polar surface area (TPSA) is 89.5 Å². The number of hydrogen-bond donors (Lipinski definition) is 1. The molecule has 2 aromatic rings. The standard InChI is InChI=1S/C21H23N3O5/c1-5-29-18-12-14(6-11-17(18)28-4)13-22-24-19(25)21(2,23-20(24)26)15-7-9-16(27-3)10-8-15/h6-13H,5H2,1-4H3,(H,23,26)/b22-13+. The molecule has 0 saturated carbocycles. The Morgan fingerprint density at radius 3 is 2.41 bits per heavy atom. The molecule has 1 saturated heterocycles. The fourth-order valence-corrected chi connectivity index (χ4v) is 3.02. The van der Waals surface area contributed by atoms with E-state index in [1.54, 1.807) is 63.6 Å². The molecular weight excluding hydrogens is 374 g/mol. The van der Waals surface area contributed by atoms with Gasteiger partial charge >= 0.3 is 6.03 Å². The van der Waals surface area contributed by atoms with Crippen molar-refractivity contribution < 1.29 is 23.8 Å². The van der Waals surface area contributed by atoms with E-state index in [0.717, 1.165) is 5.01 Å². The largest absolute Gasteiger partial charge is 0.497 e. The van der Waals surface area contributed by atoms with Gasteiger partial charge in [-0.2, -0.15) is 5.10 Å². The average molecular weight is 397 g/mol. The van der Waals surface area contributed by atoms with E-state index in [0.29, 0.717) is 35.0 Å². The van der Waals surface area contributed by atoms with Crippen LogP contribution in [-0.4, -0.2) is 44.0 Å². The molecule has 1 fully saturated rings. The molecule has 1 unspecified atom stereocenters. The molecule has 2 aromatic carbocycles. The lowest BCUT2D eigenvalue weighted by Gasteiger charge is -2.21. The van der Waals surface area contributed by atoms with Gasteiger partial charge in [0, 0.05) is 0 Å². The van der Waals surface area contributed by atoms with Crippen LogP contribution in [0, 0.1) is 0 Å². The summed E-state index contributed by atoms with van der Waals surface area (Å²) >= 11 is 0. The van der Waals surface area contributed by atoms with Crippen LogP contribution in [0.3, 0.4) is 0 Å². The molecule has 8 heteroatoms. The molecule has 29 heavy (non-hydrogen) atoms. The van der Waals surface area contributed by atoms with E-state index < -0.39 is 17.5 Å². The summed E-state index contributed by atoms with van der Waals surface area (Å²) in [5.74, 6) is 1.33. The summed E-state index contributed by atoms with van der Waals surface area (Å²) in [6, 6.07) is 11.6. The molecule has 0 bridgehead atoms. The van der Waals surface area contributed by atoms with Gasteiger partial charge in [-0.15, -0.1) is 5.01 Å². The van der Waals surface area contributed by atoms with Crippen molar-refractivity contribution in [1.29, 1.82) is 0 Å². The van der Waals surface area contributed by atoms with E-state index in [1.807, 2.05) is 6.92 Å². The number of imide groups is 1. The van der Waals surface area contributed by atoms with E-state index in [2.05, 4.69) is 10.4 Å². The number of hydrogen-bond acceptors (Lipinski definition) is 6. The van der Waals surface area contributed by atoms with Crippen molar-refractivity contribution in [2.24, 2.45) is 5.10 Å². The molecule has 1 aliphatic rings. The quantitative estimate of drug-likeness (QED) is 0.573. The lowest BCUT2D eigenvalue weighted by Crippen LogP contribution is -2.40. The second kappa shape index (κ2) is 8.22. The van der Waals surface area contributed by atoms with Gasteiger partial charge in [0.25, 0.3) is 5.91 Å². The van der Waals surface area contributed by atoms with Gasteiger partial charge < -0.3 is 19.5 Å². The monoisotopic (exact) mass is 397 g/mol. The van der Waals surface area contributed by atoms with Crippen LogP contribution >= 0.6 is 0 Å². The van der Waals surface area contributed by atoms with Crippen LogP contribution in [0.1, 0.15) is 25.0 Å². The first-order chi connectivity index (χ1) is 13.9. The minimum Gasteiger partial charge on any atom is -0.497 e. The Labute approximate surface area is 169 Å². The van der Waals surface area contributed by atoms with Gasteiger partial charge in [0.1, 0.15) is 11.3 Å². The fraction of sp³-hybridized carbons (Fsp3) is 0.286. The van der Waals surface area contributed by atoms with Crippen molar-refractivity contribution in [2.45, 2.75) is 19.4 Å². The van der Waals surface area contributed by atoms with Crippen LogP contribution in [0.15, 0.2) is 47.6 Å². The zero-order chi connectivity index (χ0) is 21.0. The number of methoxy groups -OCH3 is 2. The molecule has 152 valence electrons. The summed E-state index contributed by atoms with van der Waals surface area (Å²) in [5.41, 5.74) is 0.0854. The minimum absolute atomic E-state index is 0.470. The van der Waals surface area contributed by atoms with Crippen molar-refractivity contribution in [3.8, 4) is 17.2 Å². The highest BCUT2D eigenvalue weighted by atomic mass is 16.5. The Balaban J connectivity index is 1.83. The first-order valence-electron chi connectivity index (χ1n) is 9.09. The predicted octanol–water partition coefficient (Wildman–Crippen LogP) is 2.90. The Hall–Kier alpha value is -3.55. The molecule has 8 nitrogen and oxygen atoms in total. The van der Waals surface area contributed by atoms with Crippen LogP contribution in [0.25, 0.3) is 0 Å². The van der Waals surface area contributed by atoms with E-state index in [9.17, 15) is 9.59 Å². The maximum atomic E-state index is 12.9. The van der Waals surface area contributed by atoms with E-state index in [1.165, 1.54) is 6.21 Å². The number of benzene rings is 2. The third-order valence-electron chi connectivity index (χ3n) is 4.65. The van der Waals surface area contributed by atoms with Crippen LogP contribution in [0.2, 0.25) is 0 Å². The Bertz CT molecular complexity index is 942. The van der Waals surface area contributed by atoms with E-state index in [4.69, 9.17) is 14.2 Å². The first kappa shape index (κ1) is 20.2. The Morgan fingerprint density at radius 1 is 1.07 bits per heavy atom. The molecule has 1 aliphatic heterocycles. The highest BCUT2D eigenvalue weighted by Crippen LogP contribution is 2.31. The summed E-state index contributed by atoms with van der Waals surface area (Å²) in [6.45, 7) is 3.99. The van der Waals surface area contributed by atoms with Gasteiger partial charge in [0.15, 0.2) is 11.5 Å². The maximum Gasteiger partial charge on any atom is 0.346 e. The predicted molar refractivity (Wildman–Crippen MR) is 107 cm³/mol. The number of nitrogens with one attached hydrogen (secondary N) is 1. The zero-order valence-corrected chi connectivity index (χ0v) is 16.8. The second-order valence-corrected chi connectivity index (χ2v) is 6.49. The molecule has 1 atom stereocenters. The van der Waals surface area contributed by atoms with Crippen LogP contribution < -0.4 is 19.5 Å². The molecule has 0 aliphatic carbocycles. The average Bonchev–Trinajstić information content (AvgIpc) is 2.96. The summed E-state index contributed by atoms with van der Waals surface area (Å²) in [7, 11) is 3.12. The second-order valence-electron chi connectivity index (χ2n) is 6.49. The van der Waals surface area contributed by atoms with E-state index in [-0.39, 0.29) is 0 Å². The normalized spacial score (nSPS) is 18.8. The summed E-state index contributed by atoms with van der Waals surface area (Å²) in [6.07, 6.45) is 1.43. The number of ether oxygens (including phenoxy) is 3. The number of carbonyl (C=O) groups is 2. The Morgan fingerprint density at radius 2 is 1.79 bits per heavy atom. The molecule has 0 aromatic heterocycles. The molecule has 0 radical (unpaired) electrons. The van der Waals surface area contributed by atoms with Crippen LogP contribution in [0.5, 0.6) is 17.2 Å². The zero-order valence-electron chi connectivity index (χ0n) is 16.8. The van der Waals surface area contributed by atoms with Crippen LogP contribution in [-0.2, 0) is 10.3 Å². The maximum absolute atomic E-state index is 12.9. The smallest absolute Gasteiger partial charge is 0.346 e.